The van der Waals surface area contributed by atoms with Crippen LogP contribution in [-0.4, -0.2) is 86.1 Å². The number of benzene rings is 2. The fraction of sp³-hybridized carbons (Fsp3) is 0.429. The molecule has 2 atom stereocenters. The van der Waals surface area contributed by atoms with Crippen LogP contribution in [0.4, 0.5) is 26.2 Å². The first kappa shape index (κ1) is 29.7. The number of cyclic esters (lactones) is 1. The van der Waals surface area contributed by atoms with Crippen molar-refractivity contribution < 1.29 is 33.4 Å². The predicted molar refractivity (Wildman–Crippen MR) is 150 cm³/mol. The molecular weight excluding hydrogens is 535 g/mol. The van der Waals surface area contributed by atoms with E-state index in [1.165, 1.54) is 17.9 Å². The monoisotopic (exact) mass is 570 g/mol. The van der Waals surface area contributed by atoms with Gasteiger partial charge in [0.1, 0.15) is 18.2 Å². The molecule has 0 aliphatic carbocycles. The van der Waals surface area contributed by atoms with E-state index in [0.717, 1.165) is 6.29 Å². The van der Waals surface area contributed by atoms with Gasteiger partial charge in [-0.2, -0.15) is 0 Å². The summed E-state index contributed by atoms with van der Waals surface area (Å²) in [6.07, 6.45) is -0.786. The minimum Gasteiger partial charge on any atom is -0.442 e. The van der Waals surface area contributed by atoms with Gasteiger partial charge in [-0.3, -0.25) is 14.5 Å². The number of hydrogen-bond donors (Lipinski definition) is 4. The lowest BCUT2D eigenvalue weighted by Crippen LogP contribution is -2.49. The Balaban J connectivity index is 1.25. The number of nitrogens with zero attached hydrogens (tertiary/aromatic N) is 3. The van der Waals surface area contributed by atoms with Crippen molar-refractivity contribution in [2.75, 3.05) is 61.0 Å². The Kier molecular flexibility index (Phi) is 10.1. The van der Waals surface area contributed by atoms with E-state index in [9.17, 15) is 24.3 Å². The van der Waals surface area contributed by atoms with E-state index < -0.39 is 24.1 Å². The second-order valence-corrected chi connectivity index (χ2v) is 9.91. The number of carbonyl (C=O) groups excluding carboxylic acids is 4. The molecule has 2 aliphatic heterocycles. The Morgan fingerprint density at radius 3 is 2.66 bits per heavy atom. The number of amides is 3. The van der Waals surface area contributed by atoms with E-state index in [2.05, 4.69) is 16.2 Å². The van der Waals surface area contributed by atoms with Crippen LogP contribution in [0.2, 0.25) is 0 Å². The summed E-state index contributed by atoms with van der Waals surface area (Å²) in [7, 11) is 0. The summed E-state index contributed by atoms with van der Waals surface area (Å²) in [6.45, 7) is 3.63. The Labute approximate surface area is 237 Å². The molecule has 12 nitrogen and oxygen atoms in total. The number of anilines is 3. The van der Waals surface area contributed by atoms with Gasteiger partial charge in [0.15, 0.2) is 0 Å². The van der Waals surface area contributed by atoms with Crippen molar-refractivity contribution in [3.8, 4) is 0 Å². The molecular formula is C28H35FN6O6. The Bertz CT molecular complexity index is 1250. The summed E-state index contributed by atoms with van der Waals surface area (Å²) in [5.74, 6) is -0.792. The van der Waals surface area contributed by atoms with Gasteiger partial charge in [-0.15, -0.1) is 0 Å². The van der Waals surface area contributed by atoms with Crippen molar-refractivity contribution >= 4 is 41.3 Å². The van der Waals surface area contributed by atoms with E-state index in [-0.39, 0.29) is 44.3 Å². The molecule has 4 N–H and O–H groups in total. The van der Waals surface area contributed by atoms with Crippen LogP contribution in [0.25, 0.3) is 0 Å². The van der Waals surface area contributed by atoms with Gasteiger partial charge in [0.2, 0.25) is 11.8 Å². The summed E-state index contributed by atoms with van der Waals surface area (Å²) in [4.78, 5) is 51.5. The summed E-state index contributed by atoms with van der Waals surface area (Å²) < 4.78 is 20.4. The molecule has 2 aromatic rings. The maximum Gasteiger partial charge on any atom is 0.414 e. The molecule has 2 heterocycles. The van der Waals surface area contributed by atoms with E-state index in [1.807, 2.05) is 4.90 Å². The van der Waals surface area contributed by atoms with Crippen LogP contribution in [0.15, 0.2) is 42.5 Å². The van der Waals surface area contributed by atoms with Gasteiger partial charge in [0.25, 0.3) is 0 Å². The lowest BCUT2D eigenvalue weighted by molar-refractivity contribution is -0.132. The standard InChI is InChI=1S/C28H35FN6O6/c1-19(37)30-17-23-18-35(28(40)41-23)22-5-6-25(24(29)16-22)33-10-12-34(13-11-33)27(39)8-7-26(38)20-3-2-4-21(15-20)32-31-9-14-36/h2-6,14-16,23,26,31-32,38H,7-13,17-18H2,1H3,(H,30,37)/t23-,26?/m0/s1. The predicted octanol–water partition coefficient (Wildman–Crippen LogP) is 1.56. The van der Waals surface area contributed by atoms with Gasteiger partial charge in [0.05, 0.1) is 37.1 Å². The molecule has 0 spiro atoms. The maximum atomic E-state index is 15.1. The number of nitrogens with one attached hydrogen (secondary N) is 3. The number of ether oxygens (including phenoxy) is 1. The summed E-state index contributed by atoms with van der Waals surface area (Å²) >= 11 is 0. The van der Waals surface area contributed by atoms with Crippen molar-refractivity contribution in [1.29, 1.82) is 0 Å². The first-order chi connectivity index (χ1) is 19.7. The van der Waals surface area contributed by atoms with Crippen LogP contribution in [0.1, 0.15) is 31.4 Å². The van der Waals surface area contributed by atoms with E-state index >= 15 is 4.39 Å². The number of piperazine rings is 1. The van der Waals surface area contributed by atoms with Crippen molar-refractivity contribution in [2.24, 2.45) is 0 Å². The van der Waals surface area contributed by atoms with Gasteiger partial charge in [-0.1, -0.05) is 12.1 Å². The van der Waals surface area contributed by atoms with Crippen molar-refractivity contribution in [3.63, 3.8) is 0 Å². The van der Waals surface area contributed by atoms with Crippen LogP contribution >= 0.6 is 0 Å². The zero-order valence-electron chi connectivity index (χ0n) is 22.8. The number of rotatable bonds is 12. The normalized spacial score (nSPS) is 17.7. The SMILES string of the molecule is CC(=O)NC[C@H]1CN(c2ccc(N3CCN(C(=O)CCC(O)c4cccc(NNCC=O)c4)CC3)c(F)c2)C(=O)O1. The zero-order valence-corrected chi connectivity index (χ0v) is 22.8. The van der Waals surface area contributed by atoms with Gasteiger partial charge in [0, 0.05) is 45.2 Å². The Morgan fingerprint density at radius 1 is 1.17 bits per heavy atom. The molecule has 220 valence electrons. The molecule has 41 heavy (non-hydrogen) atoms. The van der Waals surface area contributed by atoms with E-state index in [0.29, 0.717) is 48.8 Å². The fourth-order valence-electron chi connectivity index (χ4n) is 4.82. The van der Waals surface area contributed by atoms with Gasteiger partial charge < -0.3 is 35.2 Å². The van der Waals surface area contributed by atoms with Crippen molar-refractivity contribution in [2.45, 2.75) is 32.0 Å². The minimum absolute atomic E-state index is 0.0807. The largest absolute Gasteiger partial charge is 0.442 e. The van der Waals surface area contributed by atoms with Gasteiger partial charge >= 0.3 is 6.09 Å². The maximum absolute atomic E-state index is 15.1. The van der Waals surface area contributed by atoms with Gasteiger partial charge in [-0.05, 0) is 42.3 Å². The summed E-state index contributed by atoms with van der Waals surface area (Å²) in [5.41, 5.74) is 7.71. The molecule has 0 bridgehead atoms. The fourth-order valence-corrected chi connectivity index (χ4v) is 4.82. The lowest BCUT2D eigenvalue weighted by atomic mass is 10.0. The highest BCUT2D eigenvalue weighted by Crippen LogP contribution is 2.29. The van der Waals surface area contributed by atoms with E-state index in [1.54, 1.807) is 41.3 Å². The third-order valence-corrected chi connectivity index (χ3v) is 6.99. The van der Waals surface area contributed by atoms with Crippen molar-refractivity contribution in [3.05, 3.63) is 53.8 Å². The molecule has 0 aromatic heterocycles. The molecule has 2 saturated heterocycles. The molecule has 2 aromatic carbocycles. The summed E-state index contributed by atoms with van der Waals surface area (Å²) in [5, 5.41) is 13.2. The molecule has 2 aliphatic rings. The number of aldehydes is 1. The summed E-state index contributed by atoms with van der Waals surface area (Å²) in [6, 6.07) is 11.7. The highest BCUT2D eigenvalue weighted by molar-refractivity contribution is 5.90. The molecule has 13 heteroatoms. The van der Waals surface area contributed by atoms with Gasteiger partial charge in [-0.25, -0.2) is 14.6 Å². The van der Waals surface area contributed by atoms with Crippen LogP contribution in [-0.2, 0) is 19.1 Å². The number of carbonyl (C=O) groups is 4. The minimum atomic E-state index is -0.825. The number of aliphatic hydroxyl groups excluding tert-OH is 1. The molecule has 0 radical (unpaired) electrons. The third kappa shape index (κ3) is 7.92. The first-order valence-corrected chi connectivity index (χ1v) is 13.5. The topological polar surface area (TPSA) is 144 Å². The molecule has 2 fully saturated rings. The quantitative estimate of drug-likeness (QED) is 0.170. The average Bonchev–Trinajstić information content (AvgIpc) is 3.35. The number of hydrazine groups is 1. The second-order valence-electron chi connectivity index (χ2n) is 9.91. The highest BCUT2D eigenvalue weighted by atomic mass is 19.1. The Morgan fingerprint density at radius 2 is 1.95 bits per heavy atom. The van der Waals surface area contributed by atoms with E-state index in [4.69, 9.17) is 4.74 Å². The number of halogens is 1. The molecule has 4 rings (SSSR count). The Hall–Kier alpha value is -4.23. The molecule has 3 amide bonds. The van der Waals surface area contributed by atoms with Crippen LogP contribution in [0.3, 0.4) is 0 Å². The average molecular weight is 571 g/mol. The molecule has 1 unspecified atom stereocenters. The number of hydrogen-bond acceptors (Lipinski definition) is 9. The van der Waals surface area contributed by atoms with Crippen LogP contribution in [0.5, 0.6) is 0 Å². The first-order valence-electron chi connectivity index (χ1n) is 13.5. The molecule has 0 saturated carbocycles. The van der Waals surface area contributed by atoms with Crippen LogP contribution < -0.4 is 26.0 Å². The van der Waals surface area contributed by atoms with Crippen molar-refractivity contribution in [1.82, 2.24) is 15.6 Å². The second kappa shape index (κ2) is 13.9. The number of aliphatic hydroxyl groups is 1. The zero-order chi connectivity index (χ0) is 29.4. The van der Waals surface area contributed by atoms with Crippen LogP contribution in [0, 0.1) is 5.82 Å². The smallest absolute Gasteiger partial charge is 0.414 e. The highest BCUT2D eigenvalue weighted by Gasteiger charge is 2.33. The third-order valence-electron chi connectivity index (χ3n) is 6.99. The lowest BCUT2D eigenvalue weighted by Gasteiger charge is -2.36.